The summed E-state index contributed by atoms with van der Waals surface area (Å²) in [4.78, 5) is 4.15. The first kappa shape index (κ1) is 12.8. The summed E-state index contributed by atoms with van der Waals surface area (Å²) in [5.41, 5.74) is 2.05. The van der Waals surface area contributed by atoms with Gasteiger partial charge in [-0.15, -0.1) is 0 Å². The summed E-state index contributed by atoms with van der Waals surface area (Å²) >= 11 is 0. The highest BCUT2D eigenvalue weighted by atomic mass is 19.1. The number of halogens is 1. The van der Waals surface area contributed by atoms with Crippen LogP contribution in [0.15, 0.2) is 36.8 Å². The molecule has 0 aliphatic heterocycles. The molecule has 1 aromatic carbocycles. The van der Waals surface area contributed by atoms with E-state index in [1.807, 2.05) is 16.8 Å². The van der Waals surface area contributed by atoms with Gasteiger partial charge in [-0.3, -0.25) is 0 Å². The van der Waals surface area contributed by atoms with Crippen molar-refractivity contribution >= 4 is 0 Å². The largest absolute Gasteiger partial charge is 0.329 e. The van der Waals surface area contributed by atoms with E-state index < -0.39 is 0 Å². The van der Waals surface area contributed by atoms with Crippen LogP contribution in [-0.2, 0) is 13.1 Å². The van der Waals surface area contributed by atoms with Crippen LogP contribution >= 0.6 is 0 Å². The zero-order valence-electron chi connectivity index (χ0n) is 10.7. The van der Waals surface area contributed by atoms with Gasteiger partial charge in [0.1, 0.15) is 5.82 Å². The fraction of sp³-hybridized carbons (Fsp3) is 0.357. The molecular weight excluding hydrogens is 229 g/mol. The van der Waals surface area contributed by atoms with Crippen molar-refractivity contribution in [2.75, 3.05) is 0 Å². The third kappa shape index (κ3) is 3.40. The van der Waals surface area contributed by atoms with Crippen LogP contribution in [0.5, 0.6) is 0 Å². The molecule has 0 saturated heterocycles. The van der Waals surface area contributed by atoms with Gasteiger partial charge in [0.05, 0.1) is 12.0 Å². The Balaban J connectivity index is 2.07. The van der Waals surface area contributed by atoms with E-state index in [1.54, 1.807) is 18.5 Å². The molecule has 1 N–H and O–H groups in total. The van der Waals surface area contributed by atoms with E-state index in [4.69, 9.17) is 0 Å². The number of hydrogen-bond acceptors (Lipinski definition) is 2. The fourth-order valence-electron chi connectivity index (χ4n) is 1.78. The molecule has 0 spiro atoms. The topological polar surface area (TPSA) is 29.9 Å². The maximum absolute atomic E-state index is 13.1. The maximum Gasteiger partial charge on any atom is 0.123 e. The minimum atomic E-state index is -0.200. The summed E-state index contributed by atoms with van der Waals surface area (Å²) in [5.74, 6) is -0.200. The summed E-state index contributed by atoms with van der Waals surface area (Å²) in [6, 6.07) is 7.09. The number of nitrogens with zero attached hydrogens (tertiary/aromatic N) is 2. The molecule has 96 valence electrons. The molecule has 2 rings (SSSR count). The van der Waals surface area contributed by atoms with Gasteiger partial charge >= 0.3 is 0 Å². The third-order valence-electron chi connectivity index (χ3n) is 2.73. The van der Waals surface area contributed by atoms with E-state index in [-0.39, 0.29) is 5.82 Å². The Hall–Kier alpha value is -1.68. The Morgan fingerprint density at radius 1 is 1.39 bits per heavy atom. The van der Waals surface area contributed by atoms with Crippen molar-refractivity contribution < 1.29 is 4.39 Å². The van der Waals surface area contributed by atoms with Crippen LogP contribution in [0.2, 0.25) is 0 Å². The van der Waals surface area contributed by atoms with Gasteiger partial charge < -0.3 is 9.88 Å². The highest BCUT2D eigenvalue weighted by molar-refractivity contribution is 5.17. The Kier molecular flexibility index (Phi) is 4.10. The van der Waals surface area contributed by atoms with Crippen molar-refractivity contribution in [3.8, 4) is 0 Å². The molecule has 0 bridgehead atoms. The van der Waals surface area contributed by atoms with Crippen LogP contribution in [0.3, 0.4) is 0 Å². The lowest BCUT2D eigenvalue weighted by Crippen LogP contribution is -2.23. The summed E-state index contributed by atoms with van der Waals surface area (Å²) < 4.78 is 15.1. The second-order valence-corrected chi connectivity index (χ2v) is 4.68. The monoisotopic (exact) mass is 247 g/mol. The second kappa shape index (κ2) is 5.78. The minimum Gasteiger partial charge on any atom is -0.329 e. The van der Waals surface area contributed by atoms with E-state index in [1.165, 1.54) is 6.07 Å². The average molecular weight is 247 g/mol. The normalized spacial score (nSPS) is 11.1. The van der Waals surface area contributed by atoms with E-state index in [2.05, 4.69) is 24.1 Å². The molecule has 0 aliphatic rings. The molecule has 0 aliphatic carbocycles. The lowest BCUT2D eigenvalue weighted by Gasteiger charge is -2.11. The van der Waals surface area contributed by atoms with Gasteiger partial charge in [-0.2, -0.15) is 0 Å². The number of imidazole rings is 1. The van der Waals surface area contributed by atoms with Gasteiger partial charge in [-0.05, 0) is 17.7 Å². The smallest absolute Gasteiger partial charge is 0.123 e. The summed E-state index contributed by atoms with van der Waals surface area (Å²) in [5, 5.41) is 3.35. The van der Waals surface area contributed by atoms with Crippen molar-refractivity contribution in [1.82, 2.24) is 14.9 Å². The van der Waals surface area contributed by atoms with Crippen LogP contribution < -0.4 is 5.32 Å². The van der Waals surface area contributed by atoms with Gasteiger partial charge in [0.2, 0.25) is 0 Å². The molecule has 1 aromatic heterocycles. The molecule has 1 heterocycles. The van der Waals surface area contributed by atoms with Crippen LogP contribution in [0.1, 0.15) is 25.1 Å². The number of hydrogen-bond donors (Lipinski definition) is 1. The van der Waals surface area contributed by atoms with E-state index in [0.717, 1.165) is 17.8 Å². The number of benzene rings is 1. The molecule has 0 saturated carbocycles. The average Bonchev–Trinajstić information content (AvgIpc) is 2.74. The summed E-state index contributed by atoms with van der Waals surface area (Å²) in [6.07, 6.45) is 3.62. The minimum absolute atomic E-state index is 0.200. The summed E-state index contributed by atoms with van der Waals surface area (Å²) in [6.45, 7) is 5.63. The number of nitrogens with one attached hydrogen (secondary N) is 1. The van der Waals surface area contributed by atoms with Crippen LogP contribution in [0.4, 0.5) is 4.39 Å². The van der Waals surface area contributed by atoms with Crippen molar-refractivity contribution in [3.63, 3.8) is 0 Å². The van der Waals surface area contributed by atoms with Crippen LogP contribution in [-0.4, -0.2) is 15.6 Å². The third-order valence-corrected chi connectivity index (χ3v) is 2.73. The zero-order valence-corrected chi connectivity index (χ0v) is 10.7. The maximum atomic E-state index is 13.1. The van der Waals surface area contributed by atoms with Gasteiger partial charge in [0, 0.05) is 25.3 Å². The molecule has 0 unspecified atom stereocenters. The van der Waals surface area contributed by atoms with Crippen molar-refractivity contribution in [2.24, 2.45) is 0 Å². The highest BCUT2D eigenvalue weighted by Gasteiger charge is 2.04. The second-order valence-electron chi connectivity index (χ2n) is 4.68. The first-order chi connectivity index (χ1) is 8.65. The van der Waals surface area contributed by atoms with Crippen molar-refractivity contribution in [3.05, 3.63) is 53.9 Å². The quantitative estimate of drug-likeness (QED) is 0.880. The standard InChI is InChI=1S/C14H18FN3/c1-11(2)17-8-14-7-16-10-18(14)9-12-4-3-5-13(15)6-12/h3-7,10-11,17H,8-9H2,1-2H3. The van der Waals surface area contributed by atoms with Gasteiger partial charge in [-0.1, -0.05) is 26.0 Å². The van der Waals surface area contributed by atoms with E-state index in [9.17, 15) is 4.39 Å². The van der Waals surface area contributed by atoms with E-state index >= 15 is 0 Å². The molecule has 4 heteroatoms. The molecule has 0 radical (unpaired) electrons. The molecular formula is C14H18FN3. The molecule has 3 nitrogen and oxygen atoms in total. The molecule has 2 aromatic rings. The van der Waals surface area contributed by atoms with Crippen molar-refractivity contribution in [2.45, 2.75) is 33.0 Å². The Labute approximate surface area is 107 Å². The number of rotatable bonds is 5. The first-order valence-corrected chi connectivity index (χ1v) is 6.12. The first-order valence-electron chi connectivity index (χ1n) is 6.12. The van der Waals surface area contributed by atoms with Gasteiger partial charge in [-0.25, -0.2) is 9.37 Å². The number of aromatic nitrogens is 2. The molecule has 0 atom stereocenters. The highest BCUT2D eigenvalue weighted by Crippen LogP contribution is 2.08. The molecule has 18 heavy (non-hydrogen) atoms. The fourth-order valence-corrected chi connectivity index (χ4v) is 1.78. The van der Waals surface area contributed by atoms with E-state index in [0.29, 0.717) is 12.6 Å². The lowest BCUT2D eigenvalue weighted by molar-refractivity contribution is 0.563. The zero-order chi connectivity index (χ0) is 13.0. The Morgan fingerprint density at radius 2 is 2.22 bits per heavy atom. The predicted molar refractivity (Wildman–Crippen MR) is 69.7 cm³/mol. The van der Waals surface area contributed by atoms with Crippen LogP contribution in [0.25, 0.3) is 0 Å². The van der Waals surface area contributed by atoms with Gasteiger partial charge in [0.25, 0.3) is 0 Å². The summed E-state index contributed by atoms with van der Waals surface area (Å²) in [7, 11) is 0. The lowest BCUT2D eigenvalue weighted by atomic mass is 10.2. The van der Waals surface area contributed by atoms with Gasteiger partial charge in [0.15, 0.2) is 0 Å². The molecule has 0 fully saturated rings. The SMILES string of the molecule is CC(C)NCc1cncn1Cc1cccc(F)c1. The molecule has 0 amide bonds. The van der Waals surface area contributed by atoms with Crippen molar-refractivity contribution in [1.29, 1.82) is 0 Å². The Bertz CT molecular complexity index is 505. The Morgan fingerprint density at radius 3 is 2.94 bits per heavy atom. The van der Waals surface area contributed by atoms with Crippen LogP contribution in [0, 0.1) is 5.82 Å². The predicted octanol–water partition coefficient (Wildman–Crippen LogP) is 2.57.